The number of amides is 1. The zero-order valence-electron chi connectivity index (χ0n) is 54.0. The molecule has 0 aromatic heterocycles. The molecule has 0 spiro atoms. The highest BCUT2D eigenvalue weighted by Gasteiger charge is 2.18. The van der Waals surface area contributed by atoms with Crippen molar-refractivity contribution in [3.63, 3.8) is 0 Å². The van der Waals surface area contributed by atoms with Gasteiger partial charge in [-0.25, -0.2) is 0 Å². The van der Waals surface area contributed by atoms with Crippen molar-refractivity contribution in [2.24, 2.45) is 0 Å². The minimum atomic E-state index is -0.875. The largest absolute Gasteiger partial charge is 0.394 e. The molecule has 0 heterocycles. The number of nitrogens with one attached hydrogen (secondary N) is 1. The van der Waals surface area contributed by atoms with Crippen molar-refractivity contribution in [3.05, 3.63) is 109 Å². The summed E-state index contributed by atoms with van der Waals surface area (Å²) >= 11 is 0. The minimum absolute atomic E-state index is 0.0744. The molecule has 0 aromatic carbocycles. The lowest BCUT2D eigenvalue weighted by Crippen LogP contribution is -2.45. The zero-order chi connectivity index (χ0) is 58.4. The lowest BCUT2D eigenvalue weighted by molar-refractivity contribution is -0.123. The molecule has 0 aliphatic rings. The molecular weight excluding hydrogens is 987 g/mol. The number of unbranched alkanes of at least 4 members (excludes halogenated alkanes) is 42. The van der Waals surface area contributed by atoms with Crippen LogP contribution in [-0.4, -0.2) is 34.9 Å². The fourth-order valence-corrected chi connectivity index (χ4v) is 10.6. The molecule has 0 saturated heterocycles. The Hall–Kier alpha value is -2.95. The van der Waals surface area contributed by atoms with Gasteiger partial charge in [0.15, 0.2) is 0 Å². The van der Waals surface area contributed by atoms with Crippen LogP contribution in [0.15, 0.2) is 109 Å². The molecule has 3 N–H and O–H groups in total. The first kappa shape index (κ1) is 78.0. The van der Waals surface area contributed by atoms with Gasteiger partial charge in [-0.3, -0.25) is 4.79 Å². The monoisotopic (exact) mass is 1120 g/mol. The molecule has 468 valence electrons. The number of carbonyl (C=O) groups excluding carboxylic acids is 1. The van der Waals surface area contributed by atoms with Crippen LogP contribution >= 0.6 is 0 Å². The molecule has 0 saturated carbocycles. The Morgan fingerprint density at radius 3 is 0.864 bits per heavy atom. The lowest BCUT2D eigenvalue weighted by Gasteiger charge is -2.19. The maximum Gasteiger partial charge on any atom is 0.220 e. The predicted molar refractivity (Wildman–Crippen MR) is 363 cm³/mol. The van der Waals surface area contributed by atoms with Crippen LogP contribution < -0.4 is 5.32 Å². The summed E-state index contributed by atoms with van der Waals surface area (Å²) < 4.78 is 0. The Bertz CT molecular complexity index is 1510. The number of allylic oxidation sites excluding steroid dienone is 17. The van der Waals surface area contributed by atoms with Crippen molar-refractivity contribution >= 4 is 5.91 Å². The van der Waals surface area contributed by atoms with Crippen LogP contribution in [0.4, 0.5) is 0 Å². The first-order valence-corrected chi connectivity index (χ1v) is 35.6. The van der Waals surface area contributed by atoms with Gasteiger partial charge in [0, 0.05) is 6.42 Å². The van der Waals surface area contributed by atoms with E-state index >= 15 is 0 Å². The smallest absolute Gasteiger partial charge is 0.220 e. The standard InChI is InChI=1S/C77H137NO3/c1-3-5-7-9-11-13-15-17-19-21-23-25-27-29-31-33-34-35-36-37-38-39-40-41-42-43-44-45-47-49-51-53-55-57-59-61-63-65-67-69-71-73-77(81)78-75(74-79)76(80)72-70-68-66-64-62-60-58-56-54-52-50-48-46-32-30-28-26-24-22-20-18-16-14-12-10-8-6-4-2/h5,7,11,13,17,19,23,25,29,31,34-35,54,56,62,64,70,72,75-76,79-80H,3-4,6,8-10,12,14-16,18,20-22,24,26-28,30,32-33,36-53,55,57-61,63,65-69,71,73-74H2,1-2H3,(H,78,81)/b7-5-,13-11-,19-17-,25-23-,31-29-,35-34-,56-54+,64-62+,72-70+. The zero-order valence-corrected chi connectivity index (χ0v) is 54.0. The molecule has 4 nitrogen and oxygen atoms in total. The van der Waals surface area contributed by atoms with Crippen LogP contribution in [-0.2, 0) is 4.79 Å². The molecule has 4 heteroatoms. The Morgan fingerprint density at radius 2 is 0.556 bits per heavy atom. The Balaban J connectivity index is 3.49. The maximum absolute atomic E-state index is 12.5. The highest BCUT2D eigenvalue weighted by atomic mass is 16.3. The Kier molecular flexibility index (Phi) is 68.7. The van der Waals surface area contributed by atoms with Gasteiger partial charge < -0.3 is 15.5 Å². The summed E-state index contributed by atoms with van der Waals surface area (Å²) in [5.41, 5.74) is 0. The molecule has 0 aromatic rings. The summed E-state index contributed by atoms with van der Waals surface area (Å²) in [4.78, 5) is 12.5. The fourth-order valence-electron chi connectivity index (χ4n) is 10.6. The highest BCUT2D eigenvalue weighted by molar-refractivity contribution is 5.76. The third-order valence-corrected chi connectivity index (χ3v) is 16.0. The highest BCUT2D eigenvalue weighted by Crippen LogP contribution is 2.18. The number of hydrogen-bond acceptors (Lipinski definition) is 3. The average Bonchev–Trinajstić information content (AvgIpc) is 3.47. The van der Waals surface area contributed by atoms with Crippen LogP contribution in [0.5, 0.6) is 0 Å². The molecule has 0 aliphatic carbocycles. The summed E-state index contributed by atoms with van der Waals surface area (Å²) in [5, 5.41) is 23.3. The summed E-state index contributed by atoms with van der Waals surface area (Å²) in [5.74, 6) is -0.0744. The predicted octanol–water partition coefficient (Wildman–Crippen LogP) is 24.5. The second-order valence-electron chi connectivity index (χ2n) is 23.9. The maximum atomic E-state index is 12.5. The fraction of sp³-hybridized carbons (Fsp3) is 0.753. The van der Waals surface area contributed by atoms with Gasteiger partial charge in [-0.2, -0.15) is 0 Å². The molecule has 0 radical (unpaired) electrons. The number of carbonyl (C=O) groups is 1. The van der Waals surface area contributed by atoms with E-state index in [4.69, 9.17) is 0 Å². The second kappa shape index (κ2) is 71.3. The van der Waals surface area contributed by atoms with Gasteiger partial charge in [-0.05, 0) is 96.3 Å². The summed E-state index contributed by atoms with van der Waals surface area (Å²) in [6, 6.07) is -0.651. The van der Waals surface area contributed by atoms with Crippen LogP contribution in [0.25, 0.3) is 0 Å². The quantitative estimate of drug-likeness (QED) is 0.0420. The minimum Gasteiger partial charge on any atom is -0.394 e. The number of rotatable bonds is 65. The van der Waals surface area contributed by atoms with Gasteiger partial charge in [0.25, 0.3) is 0 Å². The van der Waals surface area contributed by atoms with Gasteiger partial charge in [0.2, 0.25) is 5.91 Å². The average molecular weight is 1120 g/mol. The van der Waals surface area contributed by atoms with Crippen LogP contribution in [0.2, 0.25) is 0 Å². The van der Waals surface area contributed by atoms with Crippen molar-refractivity contribution in [2.75, 3.05) is 6.61 Å². The molecule has 2 unspecified atom stereocenters. The van der Waals surface area contributed by atoms with E-state index in [0.717, 1.165) is 77.0 Å². The summed E-state index contributed by atoms with van der Waals surface area (Å²) in [7, 11) is 0. The van der Waals surface area contributed by atoms with Crippen molar-refractivity contribution in [1.82, 2.24) is 5.32 Å². The first-order chi connectivity index (χ1) is 40.2. The van der Waals surface area contributed by atoms with Crippen LogP contribution in [0.3, 0.4) is 0 Å². The third kappa shape index (κ3) is 67.7. The molecule has 0 rings (SSSR count). The number of aliphatic hydroxyl groups is 2. The van der Waals surface area contributed by atoms with E-state index in [1.54, 1.807) is 6.08 Å². The molecule has 1 amide bonds. The topological polar surface area (TPSA) is 69.6 Å². The molecule has 0 aliphatic heterocycles. The molecule has 2 atom stereocenters. The van der Waals surface area contributed by atoms with Crippen molar-refractivity contribution in [2.45, 2.75) is 366 Å². The third-order valence-electron chi connectivity index (χ3n) is 16.0. The van der Waals surface area contributed by atoms with Gasteiger partial charge in [0.1, 0.15) is 0 Å². The van der Waals surface area contributed by atoms with Gasteiger partial charge in [-0.1, -0.05) is 361 Å². The van der Waals surface area contributed by atoms with Gasteiger partial charge in [-0.15, -0.1) is 0 Å². The van der Waals surface area contributed by atoms with Crippen molar-refractivity contribution < 1.29 is 15.0 Å². The van der Waals surface area contributed by atoms with Crippen molar-refractivity contribution in [3.8, 4) is 0 Å². The van der Waals surface area contributed by atoms with Crippen LogP contribution in [0, 0.1) is 0 Å². The first-order valence-electron chi connectivity index (χ1n) is 35.6. The molecule has 0 bridgehead atoms. The summed E-state index contributed by atoms with van der Waals surface area (Å²) in [6.45, 7) is 4.21. The SMILES string of the molecule is CC/C=C\C/C=C\C/C=C\C/C=C\C/C=C\C/C=C\CCCCCCCCCCCCCCCCCCCCCCCCC(=O)NC(CO)C(O)/C=C/CC/C=C/CC/C=C/CCCCCCCCCCCCCCCCCCCC. The van der Waals surface area contributed by atoms with E-state index in [1.807, 2.05) is 6.08 Å². The van der Waals surface area contributed by atoms with E-state index in [-0.39, 0.29) is 12.5 Å². The lowest BCUT2D eigenvalue weighted by atomic mass is 10.0. The number of aliphatic hydroxyl groups excluding tert-OH is 2. The van der Waals surface area contributed by atoms with E-state index in [2.05, 4.69) is 116 Å². The van der Waals surface area contributed by atoms with Gasteiger partial charge in [0.05, 0.1) is 18.8 Å². The van der Waals surface area contributed by atoms with Crippen molar-refractivity contribution in [1.29, 1.82) is 0 Å². The Labute approximate surface area is 506 Å². The van der Waals surface area contributed by atoms with E-state index in [9.17, 15) is 15.0 Å². The second-order valence-corrected chi connectivity index (χ2v) is 23.9. The summed E-state index contributed by atoms with van der Waals surface area (Å²) in [6.07, 6.45) is 108. The Morgan fingerprint density at radius 1 is 0.309 bits per heavy atom. The molecular formula is C77H137NO3. The van der Waals surface area contributed by atoms with E-state index in [0.29, 0.717) is 6.42 Å². The van der Waals surface area contributed by atoms with E-state index in [1.165, 1.54) is 257 Å². The molecule has 81 heavy (non-hydrogen) atoms. The normalized spacial score (nSPS) is 13.4. The van der Waals surface area contributed by atoms with E-state index < -0.39 is 12.1 Å². The molecule has 0 fully saturated rings. The van der Waals surface area contributed by atoms with Gasteiger partial charge >= 0.3 is 0 Å². The van der Waals surface area contributed by atoms with Crippen LogP contribution in [0.1, 0.15) is 354 Å². The number of hydrogen-bond donors (Lipinski definition) is 3.